The highest BCUT2D eigenvalue weighted by molar-refractivity contribution is 6.35. The lowest BCUT2D eigenvalue weighted by atomic mass is 10.3. The van der Waals surface area contributed by atoms with Gasteiger partial charge in [0.1, 0.15) is 5.82 Å². The molecule has 26 heavy (non-hydrogen) atoms. The minimum absolute atomic E-state index is 0.202. The van der Waals surface area contributed by atoms with Gasteiger partial charge in [-0.15, -0.1) is 0 Å². The van der Waals surface area contributed by atoms with Gasteiger partial charge < -0.3 is 20.9 Å². The molecule has 1 atom stereocenters. The van der Waals surface area contributed by atoms with Crippen LogP contribution in [0.4, 0.5) is 5.82 Å². The zero-order valence-electron chi connectivity index (χ0n) is 15.2. The van der Waals surface area contributed by atoms with Gasteiger partial charge in [-0.3, -0.25) is 9.79 Å². The normalized spacial score (nSPS) is 17.3. The lowest BCUT2D eigenvalue weighted by Gasteiger charge is -2.18. The summed E-state index contributed by atoms with van der Waals surface area (Å²) in [5, 5.41) is 10.8. The Kier molecular flexibility index (Phi) is 8.25. The first-order valence-corrected chi connectivity index (χ1v) is 9.66. The summed E-state index contributed by atoms with van der Waals surface area (Å²) in [6.07, 6.45) is 3.03. The molecular formula is C17H26Cl2N6O. The van der Waals surface area contributed by atoms with E-state index in [-0.39, 0.29) is 11.9 Å². The number of amides is 1. The summed E-state index contributed by atoms with van der Waals surface area (Å²) >= 11 is 11.9. The lowest BCUT2D eigenvalue weighted by molar-refractivity contribution is -0.129. The molecule has 1 saturated heterocycles. The number of nitrogens with one attached hydrogen (secondary N) is 3. The van der Waals surface area contributed by atoms with Crippen molar-refractivity contribution in [2.75, 3.05) is 38.0 Å². The largest absolute Gasteiger partial charge is 0.367 e. The van der Waals surface area contributed by atoms with E-state index in [0.29, 0.717) is 35.4 Å². The third-order valence-corrected chi connectivity index (χ3v) is 4.51. The van der Waals surface area contributed by atoms with Crippen molar-refractivity contribution in [3.05, 3.63) is 22.3 Å². The van der Waals surface area contributed by atoms with E-state index in [1.165, 1.54) is 0 Å². The summed E-state index contributed by atoms with van der Waals surface area (Å²) in [6.45, 7) is 7.36. The number of halogens is 2. The van der Waals surface area contributed by atoms with Crippen molar-refractivity contribution in [1.82, 2.24) is 20.5 Å². The first-order chi connectivity index (χ1) is 12.5. The number of likely N-dealkylation sites (tertiary alicyclic amines) is 1. The molecule has 1 aliphatic rings. The number of pyridine rings is 1. The molecule has 0 aromatic carbocycles. The fourth-order valence-electron chi connectivity index (χ4n) is 2.73. The van der Waals surface area contributed by atoms with E-state index < -0.39 is 0 Å². The Labute approximate surface area is 164 Å². The smallest absolute Gasteiger partial charge is 0.222 e. The van der Waals surface area contributed by atoms with Gasteiger partial charge >= 0.3 is 0 Å². The quantitative estimate of drug-likeness (QED) is 0.371. The van der Waals surface area contributed by atoms with Gasteiger partial charge in [-0.2, -0.15) is 0 Å². The van der Waals surface area contributed by atoms with Crippen LogP contribution in [-0.4, -0.2) is 60.5 Å². The van der Waals surface area contributed by atoms with Gasteiger partial charge in [0, 0.05) is 44.8 Å². The molecule has 2 heterocycles. The Morgan fingerprint density at radius 3 is 2.92 bits per heavy atom. The second kappa shape index (κ2) is 10.4. The van der Waals surface area contributed by atoms with Crippen molar-refractivity contribution in [1.29, 1.82) is 0 Å². The first kappa shape index (κ1) is 20.6. The molecule has 0 spiro atoms. The van der Waals surface area contributed by atoms with Crippen molar-refractivity contribution in [2.45, 2.75) is 32.7 Å². The van der Waals surface area contributed by atoms with Crippen LogP contribution < -0.4 is 16.0 Å². The van der Waals surface area contributed by atoms with Crippen LogP contribution in [0.1, 0.15) is 26.7 Å². The Morgan fingerprint density at radius 1 is 1.42 bits per heavy atom. The first-order valence-electron chi connectivity index (χ1n) is 8.91. The molecule has 1 fully saturated rings. The summed E-state index contributed by atoms with van der Waals surface area (Å²) in [4.78, 5) is 22.4. The van der Waals surface area contributed by atoms with E-state index in [1.54, 1.807) is 12.3 Å². The summed E-state index contributed by atoms with van der Waals surface area (Å²) in [6, 6.07) is 1.88. The molecule has 3 N–H and O–H groups in total. The molecule has 1 aromatic heterocycles. The van der Waals surface area contributed by atoms with Crippen LogP contribution in [0.25, 0.3) is 0 Å². The molecule has 2 rings (SSSR count). The summed E-state index contributed by atoms with van der Waals surface area (Å²) in [5.41, 5.74) is 0. The van der Waals surface area contributed by atoms with Crippen molar-refractivity contribution >= 4 is 40.9 Å². The average Bonchev–Trinajstić information content (AvgIpc) is 3.08. The maximum absolute atomic E-state index is 11.8. The molecule has 1 amide bonds. The number of aromatic nitrogens is 1. The van der Waals surface area contributed by atoms with Crippen molar-refractivity contribution in [2.24, 2.45) is 4.99 Å². The number of nitrogens with zero attached hydrogens (tertiary/aromatic N) is 3. The molecule has 1 unspecified atom stereocenters. The maximum atomic E-state index is 11.8. The lowest BCUT2D eigenvalue weighted by Crippen LogP contribution is -2.45. The van der Waals surface area contributed by atoms with E-state index >= 15 is 0 Å². The zero-order valence-corrected chi connectivity index (χ0v) is 16.7. The predicted molar refractivity (Wildman–Crippen MR) is 107 cm³/mol. The molecule has 0 bridgehead atoms. The van der Waals surface area contributed by atoms with Gasteiger partial charge in [0.2, 0.25) is 5.91 Å². The molecule has 7 nitrogen and oxygen atoms in total. The monoisotopic (exact) mass is 400 g/mol. The number of carbonyl (C=O) groups excluding carboxylic acids is 1. The Bertz CT molecular complexity index is 640. The van der Waals surface area contributed by atoms with E-state index in [2.05, 4.69) is 25.9 Å². The molecule has 1 aliphatic heterocycles. The molecule has 0 aliphatic carbocycles. The number of anilines is 1. The third kappa shape index (κ3) is 6.21. The molecule has 0 saturated carbocycles. The predicted octanol–water partition coefficient (Wildman–Crippen LogP) is 2.37. The van der Waals surface area contributed by atoms with E-state index in [1.807, 2.05) is 18.7 Å². The van der Waals surface area contributed by atoms with Crippen LogP contribution >= 0.6 is 23.2 Å². The van der Waals surface area contributed by atoms with Gasteiger partial charge in [0.25, 0.3) is 0 Å². The van der Waals surface area contributed by atoms with Gasteiger partial charge in [-0.1, -0.05) is 30.1 Å². The van der Waals surface area contributed by atoms with Gasteiger partial charge in [0.05, 0.1) is 16.6 Å². The number of rotatable bonds is 7. The van der Waals surface area contributed by atoms with Crippen molar-refractivity contribution in [3.63, 3.8) is 0 Å². The van der Waals surface area contributed by atoms with Crippen molar-refractivity contribution in [3.8, 4) is 0 Å². The summed E-state index contributed by atoms with van der Waals surface area (Å²) in [5.74, 6) is 1.54. The van der Waals surface area contributed by atoms with Crippen LogP contribution in [-0.2, 0) is 4.79 Å². The molecule has 144 valence electrons. The van der Waals surface area contributed by atoms with Crippen LogP contribution in [0, 0.1) is 0 Å². The number of aliphatic imine (C=N–C) groups is 1. The van der Waals surface area contributed by atoms with Crippen molar-refractivity contribution < 1.29 is 4.79 Å². The number of guanidine groups is 1. The Balaban J connectivity index is 1.82. The zero-order chi connectivity index (χ0) is 18.9. The number of hydrogen-bond acceptors (Lipinski definition) is 4. The van der Waals surface area contributed by atoms with E-state index in [4.69, 9.17) is 23.2 Å². The highest BCUT2D eigenvalue weighted by Crippen LogP contribution is 2.22. The third-order valence-electron chi connectivity index (χ3n) is 4.01. The fraction of sp³-hybridized carbons (Fsp3) is 0.588. The van der Waals surface area contributed by atoms with Gasteiger partial charge in [-0.25, -0.2) is 4.98 Å². The maximum Gasteiger partial charge on any atom is 0.222 e. The Morgan fingerprint density at radius 2 is 2.23 bits per heavy atom. The number of hydrogen-bond donors (Lipinski definition) is 3. The van der Waals surface area contributed by atoms with E-state index in [9.17, 15) is 4.79 Å². The van der Waals surface area contributed by atoms with Gasteiger partial charge in [0.15, 0.2) is 5.96 Å². The minimum atomic E-state index is 0.202. The summed E-state index contributed by atoms with van der Waals surface area (Å²) < 4.78 is 0. The topological polar surface area (TPSA) is 81.7 Å². The molecule has 0 radical (unpaired) electrons. The molecule has 1 aromatic rings. The number of carbonyl (C=O) groups is 1. The SMILES string of the molecule is CCNC(=NCCNc1ncc(Cl)cc1Cl)NC1CCN(C(=O)CC)C1. The average molecular weight is 401 g/mol. The fourth-order valence-corrected chi connectivity index (χ4v) is 3.18. The highest BCUT2D eigenvalue weighted by Gasteiger charge is 2.25. The standard InChI is InChI=1S/C17H26Cl2N6O/c1-3-15(26)25-8-5-13(11-25)24-17(20-4-2)22-7-6-21-16-14(19)9-12(18)10-23-16/h9-10,13H,3-8,11H2,1-2H3,(H,21,23)(H2,20,22,24). The highest BCUT2D eigenvalue weighted by atomic mass is 35.5. The van der Waals surface area contributed by atoms with E-state index in [0.717, 1.165) is 32.0 Å². The van der Waals surface area contributed by atoms with Gasteiger partial charge in [-0.05, 0) is 19.4 Å². The van der Waals surface area contributed by atoms with Crippen LogP contribution in [0.2, 0.25) is 10.0 Å². The van der Waals surface area contributed by atoms with Crippen LogP contribution in [0.15, 0.2) is 17.3 Å². The molecule has 9 heteroatoms. The summed E-state index contributed by atoms with van der Waals surface area (Å²) in [7, 11) is 0. The molecular weight excluding hydrogens is 375 g/mol. The second-order valence-electron chi connectivity index (χ2n) is 5.99. The van der Waals surface area contributed by atoms with Crippen LogP contribution in [0.3, 0.4) is 0 Å². The Hall–Kier alpha value is -1.73. The van der Waals surface area contributed by atoms with Crippen LogP contribution in [0.5, 0.6) is 0 Å². The second-order valence-corrected chi connectivity index (χ2v) is 6.84. The minimum Gasteiger partial charge on any atom is -0.367 e.